The minimum absolute atomic E-state index is 0.711. The highest BCUT2D eigenvalue weighted by Gasteiger charge is 2.13. The summed E-state index contributed by atoms with van der Waals surface area (Å²) in [6, 6.07) is 66.2. The molecule has 0 saturated carbocycles. The van der Waals surface area contributed by atoms with Crippen LogP contribution in [0.5, 0.6) is 0 Å². The van der Waals surface area contributed by atoms with Crippen LogP contribution in [-0.2, 0) is 0 Å². The Labute approximate surface area is 285 Å². The Bertz CT molecular complexity index is 2510. The third kappa shape index (κ3) is 5.38. The average Bonchev–Trinajstić information content (AvgIpc) is 3.53. The molecule has 0 aliphatic rings. The molecular formula is C46H31N3. The SMILES string of the molecule is c1ccc(-c2cccc(-c3cc(-c4ccc(-c5ccc(-n6c7ccccc7c7ccccc76)cc5)cc4)nc(-c4ccccc4)n3)c2)cc1. The second-order valence-electron chi connectivity index (χ2n) is 12.3. The van der Waals surface area contributed by atoms with Gasteiger partial charge in [-0.05, 0) is 58.7 Å². The molecule has 9 rings (SSSR count). The van der Waals surface area contributed by atoms with E-state index in [0.717, 1.165) is 44.9 Å². The van der Waals surface area contributed by atoms with Gasteiger partial charge in [0.15, 0.2) is 5.82 Å². The largest absolute Gasteiger partial charge is 0.309 e. The molecule has 0 radical (unpaired) electrons. The molecule has 2 aromatic heterocycles. The van der Waals surface area contributed by atoms with Crippen molar-refractivity contribution < 1.29 is 0 Å². The topological polar surface area (TPSA) is 30.7 Å². The quantitative estimate of drug-likeness (QED) is 0.184. The summed E-state index contributed by atoms with van der Waals surface area (Å²) in [6.45, 7) is 0. The predicted octanol–water partition coefficient (Wildman–Crippen LogP) is 11.9. The standard InChI is InChI=1S/C46H31N3/c1-3-12-32(13-4-1)37-16-11-17-38(30-37)43-31-42(47-46(48-43)36-14-5-2-6-15-36)35-24-22-33(23-25-35)34-26-28-39(29-27-34)49-44-20-9-7-18-40(44)41-19-8-10-21-45(41)49/h1-31H. The first-order valence-electron chi connectivity index (χ1n) is 16.6. The fourth-order valence-electron chi connectivity index (χ4n) is 6.79. The Morgan fingerprint density at radius 1 is 0.306 bits per heavy atom. The first kappa shape index (κ1) is 28.6. The molecule has 0 amide bonds. The molecule has 3 nitrogen and oxygen atoms in total. The van der Waals surface area contributed by atoms with Crippen molar-refractivity contribution in [2.24, 2.45) is 0 Å². The van der Waals surface area contributed by atoms with Crippen molar-refractivity contribution in [1.29, 1.82) is 0 Å². The summed E-state index contributed by atoms with van der Waals surface area (Å²) >= 11 is 0. The number of hydrogen-bond donors (Lipinski definition) is 0. The van der Waals surface area contributed by atoms with Crippen molar-refractivity contribution in [3.63, 3.8) is 0 Å². The lowest BCUT2D eigenvalue weighted by molar-refractivity contribution is 1.18. The number of nitrogens with zero attached hydrogens (tertiary/aromatic N) is 3. The van der Waals surface area contributed by atoms with Gasteiger partial charge in [-0.2, -0.15) is 0 Å². The molecule has 230 valence electrons. The Morgan fingerprint density at radius 2 is 0.755 bits per heavy atom. The summed E-state index contributed by atoms with van der Waals surface area (Å²) in [5, 5.41) is 2.54. The second-order valence-corrected chi connectivity index (χ2v) is 12.3. The van der Waals surface area contributed by atoms with Gasteiger partial charge in [0.25, 0.3) is 0 Å². The van der Waals surface area contributed by atoms with Crippen molar-refractivity contribution in [2.75, 3.05) is 0 Å². The van der Waals surface area contributed by atoms with Crippen LogP contribution >= 0.6 is 0 Å². The van der Waals surface area contributed by atoms with Gasteiger partial charge in [0, 0.05) is 33.2 Å². The predicted molar refractivity (Wildman–Crippen MR) is 204 cm³/mol. The van der Waals surface area contributed by atoms with E-state index < -0.39 is 0 Å². The normalized spacial score (nSPS) is 11.3. The smallest absolute Gasteiger partial charge is 0.160 e. The lowest BCUT2D eigenvalue weighted by atomic mass is 9.99. The van der Waals surface area contributed by atoms with Crippen molar-refractivity contribution >= 4 is 21.8 Å². The molecule has 2 heterocycles. The van der Waals surface area contributed by atoms with Gasteiger partial charge < -0.3 is 4.57 Å². The third-order valence-electron chi connectivity index (χ3n) is 9.24. The first-order valence-corrected chi connectivity index (χ1v) is 16.6. The number of rotatable bonds is 6. The third-order valence-corrected chi connectivity index (χ3v) is 9.24. The van der Waals surface area contributed by atoms with Crippen LogP contribution in [0.2, 0.25) is 0 Å². The Morgan fingerprint density at radius 3 is 1.39 bits per heavy atom. The van der Waals surface area contributed by atoms with E-state index in [2.05, 4.69) is 168 Å². The zero-order chi connectivity index (χ0) is 32.6. The molecule has 7 aromatic carbocycles. The summed E-state index contributed by atoms with van der Waals surface area (Å²) in [6.07, 6.45) is 0. The lowest BCUT2D eigenvalue weighted by Gasteiger charge is -2.12. The second kappa shape index (κ2) is 12.2. The first-order chi connectivity index (χ1) is 24.3. The van der Waals surface area contributed by atoms with E-state index in [1.807, 2.05) is 24.3 Å². The fourth-order valence-corrected chi connectivity index (χ4v) is 6.79. The van der Waals surface area contributed by atoms with E-state index in [-0.39, 0.29) is 0 Å². The summed E-state index contributed by atoms with van der Waals surface area (Å²) in [4.78, 5) is 10.1. The van der Waals surface area contributed by atoms with Crippen LogP contribution in [0, 0.1) is 0 Å². The molecule has 0 aliphatic carbocycles. The number of para-hydroxylation sites is 2. The lowest BCUT2D eigenvalue weighted by Crippen LogP contribution is -1.96. The summed E-state index contributed by atoms with van der Waals surface area (Å²) in [7, 11) is 0. The molecule has 9 aromatic rings. The Kier molecular flexibility index (Phi) is 7.14. The van der Waals surface area contributed by atoms with Gasteiger partial charge in [0.05, 0.1) is 22.4 Å². The van der Waals surface area contributed by atoms with Gasteiger partial charge in [-0.3, -0.25) is 0 Å². The van der Waals surface area contributed by atoms with Crippen LogP contribution in [0.4, 0.5) is 0 Å². The summed E-state index contributed by atoms with van der Waals surface area (Å²) in [5.74, 6) is 0.711. The number of hydrogen-bond acceptors (Lipinski definition) is 2. The van der Waals surface area contributed by atoms with Gasteiger partial charge in [-0.1, -0.05) is 152 Å². The minimum atomic E-state index is 0.711. The van der Waals surface area contributed by atoms with Gasteiger partial charge in [0.2, 0.25) is 0 Å². The van der Waals surface area contributed by atoms with Crippen LogP contribution in [0.3, 0.4) is 0 Å². The van der Waals surface area contributed by atoms with Gasteiger partial charge in [0.1, 0.15) is 0 Å². The average molecular weight is 626 g/mol. The zero-order valence-electron chi connectivity index (χ0n) is 26.7. The maximum Gasteiger partial charge on any atom is 0.160 e. The molecule has 0 atom stereocenters. The van der Waals surface area contributed by atoms with Crippen molar-refractivity contribution in [3.05, 3.63) is 188 Å². The molecule has 0 N–H and O–H groups in total. The monoisotopic (exact) mass is 625 g/mol. The van der Waals surface area contributed by atoms with E-state index in [1.165, 1.54) is 32.9 Å². The zero-order valence-corrected chi connectivity index (χ0v) is 26.7. The maximum absolute atomic E-state index is 5.06. The Hall–Kier alpha value is -6.58. The molecule has 3 heteroatoms. The van der Waals surface area contributed by atoms with Crippen molar-refractivity contribution in [1.82, 2.24) is 14.5 Å². The molecule has 0 fully saturated rings. The van der Waals surface area contributed by atoms with E-state index in [0.29, 0.717) is 5.82 Å². The van der Waals surface area contributed by atoms with Gasteiger partial charge >= 0.3 is 0 Å². The van der Waals surface area contributed by atoms with E-state index in [1.54, 1.807) is 0 Å². The van der Waals surface area contributed by atoms with Crippen molar-refractivity contribution in [2.45, 2.75) is 0 Å². The van der Waals surface area contributed by atoms with E-state index >= 15 is 0 Å². The summed E-state index contributed by atoms with van der Waals surface area (Å²) < 4.78 is 2.35. The van der Waals surface area contributed by atoms with Gasteiger partial charge in [-0.25, -0.2) is 9.97 Å². The fraction of sp³-hybridized carbons (Fsp3) is 0. The Balaban J connectivity index is 1.07. The molecule has 0 saturated heterocycles. The van der Waals surface area contributed by atoms with E-state index in [9.17, 15) is 0 Å². The summed E-state index contributed by atoms with van der Waals surface area (Å²) in [5.41, 5.74) is 13.1. The highest BCUT2D eigenvalue weighted by Crippen LogP contribution is 2.34. The van der Waals surface area contributed by atoms with Crippen LogP contribution in [-0.4, -0.2) is 14.5 Å². The highest BCUT2D eigenvalue weighted by molar-refractivity contribution is 6.09. The molecule has 0 unspecified atom stereocenters. The van der Waals surface area contributed by atoms with Crippen LogP contribution in [0.1, 0.15) is 0 Å². The van der Waals surface area contributed by atoms with Gasteiger partial charge in [-0.15, -0.1) is 0 Å². The minimum Gasteiger partial charge on any atom is -0.309 e. The molecule has 0 spiro atoms. The number of fused-ring (bicyclic) bond motifs is 3. The maximum atomic E-state index is 5.06. The molecule has 0 aliphatic heterocycles. The van der Waals surface area contributed by atoms with Crippen LogP contribution in [0.25, 0.3) is 83.6 Å². The van der Waals surface area contributed by atoms with E-state index in [4.69, 9.17) is 9.97 Å². The highest BCUT2D eigenvalue weighted by atomic mass is 15.0. The molecule has 49 heavy (non-hydrogen) atoms. The molecule has 0 bridgehead atoms. The van der Waals surface area contributed by atoms with Crippen molar-refractivity contribution in [3.8, 4) is 61.8 Å². The number of benzene rings is 7. The molecular weight excluding hydrogens is 595 g/mol. The van der Waals surface area contributed by atoms with Crippen LogP contribution < -0.4 is 0 Å². The number of aromatic nitrogens is 3. The van der Waals surface area contributed by atoms with Crippen LogP contribution in [0.15, 0.2) is 188 Å².